The fourth-order valence-electron chi connectivity index (χ4n) is 3.52. The van der Waals surface area contributed by atoms with Gasteiger partial charge in [-0.05, 0) is 43.5 Å². The van der Waals surface area contributed by atoms with Gasteiger partial charge >= 0.3 is 0 Å². The average Bonchev–Trinajstić information content (AvgIpc) is 3.16. The normalized spacial score (nSPS) is 28.1. The van der Waals surface area contributed by atoms with E-state index in [1.54, 1.807) is 12.1 Å². The van der Waals surface area contributed by atoms with Crippen molar-refractivity contribution in [1.29, 1.82) is 0 Å². The van der Waals surface area contributed by atoms with Crippen LogP contribution in [-0.4, -0.2) is 26.9 Å². The zero-order chi connectivity index (χ0) is 13.5. The molecule has 2 aliphatic rings. The SMILES string of the molecule is Oc1ccc(-c2nccn2C[C@@H]2C[C@@H]3CC[C@H]2O3)cc1. The molecule has 20 heavy (non-hydrogen) atoms. The number of ether oxygens (including phenoxy) is 1. The molecule has 3 heterocycles. The van der Waals surface area contributed by atoms with Crippen LogP contribution in [0.25, 0.3) is 11.4 Å². The summed E-state index contributed by atoms with van der Waals surface area (Å²) in [6, 6.07) is 7.22. The van der Waals surface area contributed by atoms with Crippen molar-refractivity contribution in [2.45, 2.75) is 38.0 Å². The number of hydrogen-bond donors (Lipinski definition) is 1. The number of phenolic OH excluding ortho intramolecular Hbond substituents is 1. The van der Waals surface area contributed by atoms with E-state index in [0.29, 0.717) is 18.1 Å². The number of benzene rings is 1. The molecule has 4 rings (SSSR count). The van der Waals surface area contributed by atoms with Gasteiger partial charge in [-0.25, -0.2) is 4.98 Å². The smallest absolute Gasteiger partial charge is 0.139 e. The predicted molar refractivity (Wildman–Crippen MR) is 75.3 cm³/mol. The molecule has 2 aromatic rings. The van der Waals surface area contributed by atoms with E-state index in [1.807, 2.05) is 24.5 Å². The number of fused-ring (bicyclic) bond motifs is 2. The van der Waals surface area contributed by atoms with E-state index >= 15 is 0 Å². The number of phenols is 1. The molecular formula is C16H18N2O2. The van der Waals surface area contributed by atoms with Gasteiger partial charge in [0.2, 0.25) is 0 Å². The molecule has 0 radical (unpaired) electrons. The highest BCUT2D eigenvalue weighted by molar-refractivity contribution is 5.56. The van der Waals surface area contributed by atoms with Crippen molar-refractivity contribution in [1.82, 2.24) is 9.55 Å². The van der Waals surface area contributed by atoms with Gasteiger partial charge in [0.15, 0.2) is 0 Å². The molecule has 0 aliphatic carbocycles. The highest BCUT2D eigenvalue weighted by Gasteiger charge is 2.40. The van der Waals surface area contributed by atoms with Crippen LogP contribution in [0.15, 0.2) is 36.7 Å². The van der Waals surface area contributed by atoms with Gasteiger partial charge in [0.25, 0.3) is 0 Å². The van der Waals surface area contributed by atoms with Crippen molar-refractivity contribution in [2.24, 2.45) is 5.92 Å². The molecule has 2 bridgehead atoms. The van der Waals surface area contributed by atoms with E-state index in [-0.39, 0.29) is 5.75 Å². The Morgan fingerprint density at radius 2 is 2.10 bits per heavy atom. The molecule has 1 aromatic heterocycles. The second-order valence-electron chi connectivity index (χ2n) is 5.82. The van der Waals surface area contributed by atoms with Crippen LogP contribution < -0.4 is 0 Å². The summed E-state index contributed by atoms with van der Waals surface area (Å²) in [7, 11) is 0. The number of aromatic hydroxyl groups is 1. The standard InChI is InChI=1S/C16H18N2O2/c19-13-3-1-11(2-4-13)16-17-7-8-18(16)10-12-9-14-5-6-15(12)20-14/h1-4,7-8,12,14-15,19H,5-6,9-10H2/t12-,14-,15+/m0/s1. The minimum absolute atomic E-state index is 0.286. The summed E-state index contributed by atoms with van der Waals surface area (Å²) in [5.74, 6) is 1.86. The lowest BCUT2D eigenvalue weighted by atomic mass is 9.89. The Morgan fingerprint density at radius 1 is 1.25 bits per heavy atom. The topological polar surface area (TPSA) is 47.3 Å². The molecule has 0 unspecified atom stereocenters. The molecule has 2 saturated heterocycles. The van der Waals surface area contributed by atoms with Crippen molar-refractivity contribution in [3.05, 3.63) is 36.7 Å². The van der Waals surface area contributed by atoms with Crippen LogP contribution in [0.5, 0.6) is 5.75 Å². The molecular weight excluding hydrogens is 252 g/mol. The second kappa shape index (κ2) is 4.63. The maximum atomic E-state index is 9.38. The Bertz CT molecular complexity index is 605. The van der Waals surface area contributed by atoms with Crippen molar-refractivity contribution in [3.8, 4) is 17.1 Å². The molecule has 2 fully saturated rings. The molecule has 2 aliphatic heterocycles. The summed E-state index contributed by atoms with van der Waals surface area (Å²) in [6.45, 7) is 0.970. The van der Waals surface area contributed by atoms with Gasteiger partial charge in [-0.1, -0.05) is 0 Å². The molecule has 0 spiro atoms. The summed E-state index contributed by atoms with van der Waals surface area (Å²) >= 11 is 0. The van der Waals surface area contributed by atoms with Gasteiger partial charge < -0.3 is 14.4 Å². The first-order chi connectivity index (χ1) is 9.79. The van der Waals surface area contributed by atoms with E-state index in [9.17, 15) is 5.11 Å². The van der Waals surface area contributed by atoms with Crippen molar-refractivity contribution in [3.63, 3.8) is 0 Å². The first-order valence-corrected chi connectivity index (χ1v) is 7.25. The Morgan fingerprint density at radius 3 is 2.80 bits per heavy atom. The van der Waals surface area contributed by atoms with E-state index in [4.69, 9.17) is 4.74 Å². The quantitative estimate of drug-likeness (QED) is 0.933. The molecule has 4 heteroatoms. The summed E-state index contributed by atoms with van der Waals surface area (Å²) in [6.07, 6.45) is 8.43. The zero-order valence-corrected chi connectivity index (χ0v) is 11.3. The Labute approximate surface area is 118 Å². The van der Waals surface area contributed by atoms with Crippen LogP contribution in [-0.2, 0) is 11.3 Å². The van der Waals surface area contributed by atoms with Gasteiger partial charge in [-0.2, -0.15) is 0 Å². The third kappa shape index (κ3) is 2.00. The number of hydrogen-bond acceptors (Lipinski definition) is 3. The lowest BCUT2D eigenvalue weighted by molar-refractivity contribution is 0.0900. The van der Waals surface area contributed by atoms with Crippen LogP contribution in [0.1, 0.15) is 19.3 Å². The molecule has 4 nitrogen and oxygen atoms in total. The first-order valence-electron chi connectivity index (χ1n) is 7.25. The van der Waals surface area contributed by atoms with E-state index in [1.165, 1.54) is 19.3 Å². The molecule has 0 amide bonds. The fraction of sp³-hybridized carbons (Fsp3) is 0.438. The van der Waals surface area contributed by atoms with Crippen LogP contribution in [0.4, 0.5) is 0 Å². The van der Waals surface area contributed by atoms with E-state index < -0.39 is 0 Å². The Hall–Kier alpha value is -1.81. The molecule has 1 aromatic carbocycles. The number of rotatable bonds is 3. The summed E-state index contributed by atoms with van der Waals surface area (Å²) in [5.41, 5.74) is 1.04. The van der Waals surface area contributed by atoms with Crippen molar-refractivity contribution in [2.75, 3.05) is 0 Å². The first kappa shape index (κ1) is 12.0. The van der Waals surface area contributed by atoms with Crippen molar-refractivity contribution >= 4 is 0 Å². The summed E-state index contributed by atoms with van der Waals surface area (Å²) in [4.78, 5) is 4.46. The number of nitrogens with zero attached hydrogens (tertiary/aromatic N) is 2. The maximum Gasteiger partial charge on any atom is 0.139 e. The largest absolute Gasteiger partial charge is 0.508 e. The van der Waals surface area contributed by atoms with E-state index in [0.717, 1.165) is 17.9 Å². The maximum absolute atomic E-state index is 9.38. The minimum Gasteiger partial charge on any atom is -0.508 e. The zero-order valence-electron chi connectivity index (χ0n) is 11.3. The van der Waals surface area contributed by atoms with Crippen LogP contribution in [0.3, 0.4) is 0 Å². The molecule has 3 atom stereocenters. The monoisotopic (exact) mass is 270 g/mol. The van der Waals surface area contributed by atoms with E-state index in [2.05, 4.69) is 9.55 Å². The van der Waals surface area contributed by atoms with Gasteiger partial charge in [0.1, 0.15) is 11.6 Å². The lowest BCUT2D eigenvalue weighted by Gasteiger charge is -2.20. The minimum atomic E-state index is 0.286. The molecule has 0 saturated carbocycles. The lowest BCUT2D eigenvalue weighted by Crippen LogP contribution is -2.21. The predicted octanol–water partition coefficient (Wildman–Crippen LogP) is 2.82. The van der Waals surface area contributed by atoms with Crippen LogP contribution >= 0.6 is 0 Å². The van der Waals surface area contributed by atoms with Gasteiger partial charge in [0, 0.05) is 30.4 Å². The fourth-order valence-corrected chi connectivity index (χ4v) is 3.52. The average molecular weight is 270 g/mol. The second-order valence-corrected chi connectivity index (χ2v) is 5.82. The van der Waals surface area contributed by atoms with Crippen molar-refractivity contribution < 1.29 is 9.84 Å². The highest BCUT2D eigenvalue weighted by atomic mass is 16.5. The Kier molecular flexibility index (Phi) is 2.77. The van der Waals surface area contributed by atoms with Crippen LogP contribution in [0, 0.1) is 5.92 Å². The van der Waals surface area contributed by atoms with Crippen LogP contribution in [0.2, 0.25) is 0 Å². The van der Waals surface area contributed by atoms with Gasteiger partial charge in [0.05, 0.1) is 12.2 Å². The van der Waals surface area contributed by atoms with Gasteiger partial charge in [-0.3, -0.25) is 0 Å². The number of imidazole rings is 1. The molecule has 1 N–H and O–H groups in total. The summed E-state index contributed by atoms with van der Waals surface area (Å²) in [5, 5.41) is 9.38. The third-order valence-electron chi connectivity index (χ3n) is 4.50. The third-order valence-corrected chi connectivity index (χ3v) is 4.50. The summed E-state index contributed by atoms with van der Waals surface area (Å²) < 4.78 is 8.14. The Balaban J connectivity index is 1.57. The number of aromatic nitrogens is 2. The highest BCUT2D eigenvalue weighted by Crippen LogP contribution is 2.39. The molecule has 104 valence electrons. The van der Waals surface area contributed by atoms with Gasteiger partial charge in [-0.15, -0.1) is 0 Å².